The molecule has 1 aromatic rings. The van der Waals surface area contributed by atoms with Crippen molar-refractivity contribution in [2.75, 3.05) is 53.0 Å². The van der Waals surface area contributed by atoms with Crippen molar-refractivity contribution in [2.45, 2.75) is 12.8 Å². The third-order valence-corrected chi connectivity index (χ3v) is 3.84. The Morgan fingerprint density at radius 3 is 2.74 bits per heavy atom. The van der Waals surface area contributed by atoms with E-state index < -0.39 is 0 Å². The summed E-state index contributed by atoms with van der Waals surface area (Å²) in [6, 6.07) is 7.45. The predicted octanol–water partition coefficient (Wildman–Crippen LogP) is 0.876. The molecule has 0 bridgehead atoms. The first-order valence-electron chi connectivity index (χ1n) is 8.25. The number of hydrogen-bond donors (Lipinski definition) is 2. The van der Waals surface area contributed by atoms with Crippen LogP contribution in [0.3, 0.4) is 0 Å². The highest BCUT2D eigenvalue weighted by Crippen LogP contribution is 2.25. The molecule has 1 heterocycles. The first kappa shape index (κ1) is 17.6. The molecule has 0 aromatic heterocycles. The summed E-state index contributed by atoms with van der Waals surface area (Å²) < 4.78 is 10.8. The second kappa shape index (κ2) is 10.1. The van der Waals surface area contributed by atoms with Gasteiger partial charge >= 0.3 is 0 Å². The molecule has 1 amide bonds. The van der Waals surface area contributed by atoms with Gasteiger partial charge in [0.1, 0.15) is 0 Å². The second-order valence-corrected chi connectivity index (χ2v) is 5.54. The van der Waals surface area contributed by atoms with Crippen LogP contribution in [0.2, 0.25) is 0 Å². The number of nitrogens with zero attached hydrogens (tertiary/aromatic N) is 1. The first-order chi connectivity index (χ1) is 11.3. The molecule has 0 aliphatic carbocycles. The van der Waals surface area contributed by atoms with E-state index in [9.17, 15) is 4.79 Å². The number of nitrogens with one attached hydrogen (secondary N) is 2. The molecule has 6 nitrogen and oxygen atoms in total. The van der Waals surface area contributed by atoms with E-state index in [1.165, 1.54) is 0 Å². The molecular weight excluding hydrogens is 294 g/mol. The number of rotatable bonds is 9. The molecule has 1 aliphatic heterocycles. The number of benzene rings is 1. The van der Waals surface area contributed by atoms with E-state index in [-0.39, 0.29) is 5.91 Å². The van der Waals surface area contributed by atoms with Crippen LogP contribution in [0.1, 0.15) is 12.8 Å². The van der Waals surface area contributed by atoms with Gasteiger partial charge in [0.25, 0.3) is 0 Å². The van der Waals surface area contributed by atoms with Gasteiger partial charge in [-0.25, -0.2) is 0 Å². The highest BCUT2D eigenvalue weighted by molar-refractivity contribution is 5.75. The van der Waals surface area contributed by atoms with Crippen molar-refractivity contribution in [3.8, 4) is 11.5 Å². The van der Waals surface area contributed by atoms with Crippen LogP contribution in [-0.4, -0.2) is 63.8 Å². The molecule has 2 N–H and O–H groups in total. The van der Waals surface area contributed by atoms with Crippen molar-refractivity contribution in [1.29, 1.82) is 0 Å². The fourth-order valence-corrected chi connectivity index (χ4v) is 2.55. The second-order valence-electron chi connectivity index (χ2n) is 5.54. The normalized spacial score (nSPS) is 15.2. The minimum Gasteiger partial charge on any atom is -0.493 e. The van der Waals surface area contributed by atoms with E-state index in [0.717, 1.165) is 45.7 Å². The Kier molecular flexibility index (Phi) is 7.69. The lowest BCUT2D eigenvalue weighted by Crippen LogP contribution is -2.44. The van der Waals surface area contributed by atoms with Gasteiger partial charge in [0.2, 0.25) is 5.91 Å². The van der Waals surface area contributed by atoms with Gasteiger partial charge in [-0.3, -0.25) is 4.79 Å². The standard InChI is InChI=1S/C17H27N3O3/c1-22-15-5-2-3-6-16(15)23-14-7-17(21)19-8-4-11-20-12-9-18-10-13-20/h2-3,5-6,18H,4,7-14H2,1H3,(H,19,21). The molecular formula is C17H27N3O3. The molecule has 1 aromatic carbocycles. The molecule has 0 atom stereocenters. The molecule has 0 saturated carbocycles. The minimum atomic E-state index is 0.0280. The third-order valence-electron chi connectivity index (χ3n) is 3.84. The van der Waals surface area contributed by atoms with Gasteiger partial charge in [-0.2, -0.15) is 0 Å². The van der Waals surface area contributed by atoms with E-state index in [0.29, 0.717) is 24.5 Å². The van der Waals surface area contributed by atoms with Crippen LogP contribution in [0.4, 0.5) is 0 Å². The molecule has 2 rings (SSSR count). The van der Waals surface area contributed by atoms with Crippen LogP contribution in [-0.2, 0) is 4.79 Å². The topological polar surface area (TPSA) is 62.8 Å². The summed E-state index contributed by atoms with van der Waals surface area (Å²) in [6.07, 6.45) is 1.34. The summed E-state index contributed by atoms with van der Waals surface area (Å²) in [4.78, 5) is 14.2. The minimum absolute atomic E-state index is 0.0280. The predicted molar refractivity (Wildman–Crippen MR) is 90.0 cm³/mol. The van der Waals surface area contributed by atoms with Crippen molar-refractivity contribution in [3.63, 3.8) is 0 Å². The Morgan fingerprint density at radius 1 is 1.26 bits per heavy atom. The molecule has 0 spiro atoms. The van der Waals surface area contributed by atoms with Crippen molar-refractivity contribution < 1.29 is 14.3 Å². The summed E-state index contributed by atoms with van der Waals surface area (Å²) >= 11 is 0. The van der Waals surface area contributed by atoms with E-state index in [1.807, 2.05) is 24.3 Å². The maximum absolute atomic E-state index is 11.8. The largest absolute Gasteiger partial charge is 0.493 e. The summed E-state index contributed by atoms with van der Waals surface area (Å²) in [5.41, 5.74) is 0. The number of piperazine rings is 1. The molecule has 1 fully saturated rings. The number of carbonyl (C=O) groups is 1. The number of hydrogen-bond acceptors (Lipinski definition) is 5. The monoisotopic (exact) mass is 321 g/mol. The van der Waals surface area contributed by atoms with E-state index in [4.69, 9.17) is 9.47 Å². The summed E-state index contributed by atoms with van der Waals surface area (Å²) in [7, 11) is 1.60. The highest BCUT2D eigenvalue weighted by atomic mass is 16.5. The number of carbonyl (C=O) groups excluding carboxylic acids is 1. The smallest absolute Gasteiger partial charge is 0.223 e. The highest BCUT2D eigenvalue weighted by Gasteiger charge is 2.09. The van der Waals surface area contributed by atoms with Crippen LogP contribution in [0, 0.1) is 0 Å². The molecule has 128 valence electrons. The van der Waals surface area contributed by atoms with E-state index in [1.54, 1.807) is 7.11 Å². The Bertz CT molecular complexity index is 476. The quantitative estimate of drug-likeness (QED) is 0.661. The van der Waals surface area contributed by atoms with Gasteiger partial charge in [-0.05, 0) is 25.1 Å². The van der Waals surface area contributed by atoms with Gasteiger partial charge < -0.3 is 25.0 Å². The average Bonchev–Trinajstić information content (AvgIpc) is 2.60. The Labute approximate surface area is 138 Å². The van der Waals surface area contributed by atoms with Crippen molar-refractivity contribution in [1.82, 2.24) is 15.5 Å². The zero-order valence-electron chi connectivity index (χ0n) is 13.8. The molecule has 1 aliphatic rings. The SMILES string of the molecule is COc1ccccc1OCCC(=O)NCCCN1CCNCC1. The number of amides is 1. The third kappa shape index (κ3) is 6.46. The average molecular weight is 321 g/mol. The number of methoxy groups -OCH3 is 1. The summed E-state index contributed by atoms with van der Waals surface area (Å²) in [5.74, 6) is 1.38. The first-order valence-corrected chi connectivity index (χ1v) is 8.25. The molecule has 0 radical (unpaired) electrons. The zero-order chi connectivity index (χ0) is 16.3. The number of ether oxygens (including phenoxy) is 2. The van der Waals surface area contributed by atoms with Gasteiger partial charge in [0.15, 0.2) is 11.5 Å². The molecule has 1 saturated heterocycles. The van der Waals surface area contributed by atoms with Crippen molar-refractivity contribution in [3.05, 3.63) is 24.3 Å². The van der Waals surface area contributed by atoms with Crippen LogP contribution in [0.15, 0.2) is 24.3 Å². The maximum Gasteiger partial charge on any atom is 0.223 e. The van der Waals surface area contributed by atoms with E-state index in [2.05, 4.69) is 15.5 Å². The fraction of sp³-hybridized carbons (Fsp3) is 0.588. The lowest BCUT2D eigenvalue weighted by Gasteiger charge is -2.27. The Hall–Kier alpha value is -1.79. The molecule has 0 unspecified atom stereocenters. The van der Waals surface area contributed by atoms with Crippen molar-refractivity contribution in [2.24, 2.45) is 0 Å². The lowest BCUT2D eigenvalue weighted by molar-refractivity contribution is -0.121. The van der Waals surface area contributed by atoms with E-state index >= 15 is 0 Å². The van der Waals surface area contributed by atoms with Crippen LogP contribution >= 0.6 is 0 Å². The van der Waals surface area contributed by atoms with Gasteiger partial charge in [-0.15, -0.1) is 0 Å². The molecule has 23 heavy (non-hydrogen) atoms. The Morgan fingerprint density at radius 2 is 2.00 bits per heavy atom. The van der Waals surface area contributed by atoms with Crippen LogP contribution in [0.25, 0.3) is 0 Å². The van der Waals surface area contributed by atoms with Crippen LogP contribution in [0.5, 0.6) is 11.5 Å². The zero-order valence-corrected chi connectivity index (χ0v) is 13.8. The number of para-hydroxylation sites is 2. The fourth-order valence-electron chi connectivity index (χ4n) is 2.55. The molecule has 6 heteroatoms. The summed E-state index contributed by atoms with van der Waals surface area (Å²) in [6.45, 7) is 6.43. The van der Waals surface area contributed by atoms with Gasteiger partial charge in [0, 0.05) is 32.7 Å². The van der Waals surface area contributed by atoms with Crippen molar-refractivity contribution >= 4 is 5.91 Å². The summed E-state index contributed by atoms with van der Waals surface area (Å²) in [5, 5.41) is 6.28. The van der Waals surface area contributed by atoms with Crippen LogP contribution < -0.4 is 20.1 Å². The van der Waals surface area contributed by atoms with Gasteiger partial charge in [0.05, 0.1) is 20.1 Å². The lowest BCUT2D eigenvalue weighted by atomic mass is 10.3. The maximum atomic E-state index is 11.8. The Balaban J connectivity index is 1.54. The van der Waals surface area contributed by atoms with Gasteiger partial charge in [-0.1, -0.05) is 12.1 Å².